The zero-order chi connectivity index (χ0) is 8.31. The molecule has 2 atom stereocenters. The number of carboxylic acids is 2. The number of aliphatic carboxylic acids is 2. The molecule has 5 nitrogen and oxygen atoms in total. The van der Waals surface area contributed by atoms with Gasteiger partial charge < -0.3 is 15.9 Å². The van der Waals surface area contributed by atoms with Gasteiger partial charge in [0.05, 0.1) is 0 Å². The lowest BCUT2D eigenvalue weighted by atomic mass is 10.2. The Morgan fingerprint density at radius 3 is 1.80 bits per heavy atom. The summed E-state index contributed by atoms with van der Waals surface area (Å²) in [4.78, 5) is 19.5. The van der Waals surface area contributed by atoms with Gasteiger partial charge in [-0.05, 0) is 0 Å². The first kappa shape index (κ1) is 8.83. The Morgan fingerprint density at radius 1 is 1.30 bits per heavy atom. The van der Waals surface area contributed by atoms with Crippen LogP contribution in [-0.2, 0) is 9.59 Å². The van der Waals surface area contributed by atoms with E-state index in [1.165, 1.54) is 0 Å². The van der Waals surface area contributed by atoms with Crippen LogP contribution in [0.2, 0.25) is 0 Å². The molecule has 0 aromatic carbocycles. The molecule has 0 saturated heterocycles. The molecular formula is C4H6FNO4. The molecule has 0 radical (unpaired) electrons. The van der Waals surface area contributed by atoms with Crippen LogP contribution in [0.5, 0.6) is 0 Å². The molecule has 0 amide bonds. The van der Waals surface area contributed by atoms with Crippen LogP contribution in [0.15, 0.2) is 0 Å². The van der Waals surface area contributed by atoms with E-state index in [1.807, 2.05) is 0 Å². The van der Waals surface area contributed by atoms with Crippen LogP contribution in [0.1, 0.15) is 0 Å². The Hall–Kier alpha value is -1.17. The van der Waals surface area contributed by atoms with Crippen LogP contribution in [0.3, 0.4) is 0 Å². The zero-order valence-corrected chi connectivity index (χ0v) is 4.82. The summed E-state index contributed by atoms with van der Waals surface area (Å²) in [6, 6.07) is -1.99. The molecule has 0 aliphatic rings. The topological polar surface area (TPSA) is 101 Å². The van der Waals surface area contributed by atoms with E-state index in [4.69, 9.17) is 10.2 Å². The Morgan fingerprint density at radius 2 is 1.70 bits per heavy atom. The van der Waals surface area contributed by atoms with E-state index >= 15 is 0 Å². The van der Waals surface area contributed by atoms with Crippen molar-refractivity contribution in [3.63, 3.8) is 0 Å². The fourth-order valence-electron chi connectivity index (χ4n) is 0.279. The highest BCUT2D eigenvalue weighted by Crippen LogP contribution is 1.95. The minimum absolute atomic E-state index is 1.67. The van der Waals surface area contributed by atoms with Gasteiger partial charge in [-0.3, -0.25) is 4.79 Å². The highest BCUT2D eigenvalue weighted by Gasteiger charge is 2.29. The lowest BCUT2D eigenvalue weighted by molar-refractivity contribution is -0.150. The number of rotatable bonds is 3. The largest absolute Gasteiger partial charge is 0.480 e. The first-order valence-corrected chi connectivity index (χ1v) is 2.32. The summed E-state index contributed by atoms with van der Waals surface area (Å²) < 4.78 is 12.1. The molecule has 0 aromatic heterocycles. The number of nitrogens with two attached hydrogens (primary N) is 1. The van der Waals surface area contributed by atoms with Crippen LogP contribution in [0.25, 0.3) is 0 Å². The molecule has 0 aromatic rings. The molecule has 0 rings (SSSR count). The van der Waals surface area contributed by atoms with Crippen LogP contribution < -0.4 is 5.73 Å². The number of hydrogen-bond acceptors (Lipinski definition) is 3. The predicted octanol–water partition coefficient (Wildman–Crippen LogP) is -1.18. The van der Waals surface area contributed by atoms with Gasteiger partial charge in [0, 0.05) is 0 Å². The maximum atomic E-state index is 12.1. The van der Waals surface area contributed by atoms with Crippen molar-refractivity contribution in [1.29, 1.82) is 0 Å². The number of carbonyl (C=O) groups is 2. The van der Waals surface area contributed by atoms with Gasteiger partial charge in [0.2, 0.25) is 6.17 Å². The number of hydrogen-bond donors (Lipinski definition) is 3. The van der Waals surface area contributed by atoms with Gasteiger partial charge in [-0.15, -0.1) is 0 Å². The smallest absolute Gasteiger partial charge is 0.340 e. The average molecular weight is 151 g/mol. The first-order valence-electron chi connectivity index (χ1n) is 2.32. The van der Waals surface area contributed by atoms with Gasteiger partial charge in [-0.1, -0.05) is 0 Å². The fourth-order valence-corrected chi connectivity index (χ4v) is 0.279. The molecule has 0 aliphatic heterocycles. The first-order chi connectivity index (χ1) is 4.46. The summed E-state index contributed by atoms with van der Waals surface area (Å²) in [7, 11) is 0. The Balaban J connectivity index is 4.07. The van der Waals surface area contributed by atoms with E-state index in [9.17, 15) is 14.0 Å². The third-order valence-corrected chi connectivity index (χ3v) is 0.836. The van der Waals surface area contributed by atoms with E-state index in [1.54, 1.807) is 0 Å². The van der Waals surface area contributed by atoms with Crippen molar-refractivity contribution in [2.75, 3.05) is 0 Å². The third-order valence-electron chi connectivity index (χ3n) is 0.836. The second kappa shape index (κ2) is 3.11. The van der Waals surface area contributed by atoms with E-state index in [0.29, 0.717) is 0 Å². The van der Waals surface area contributed by atoms with Crippen molar-refractivity contribution in [3.8, 4) is 0 Å². The second-order valence-electron chi connectivity index (χ2n) is 1.60. The summed E-state index contributed by atoms with van der Waals surface area (Å²) in [5, 5.41) is 15.9. The standard InChI is InChI=1S/C4H6FNO4/c5-1(3(7)8)2(6)4(9)10/h1-2H,6H2,(H,7,8)(H,9,10)/t1-,2-/m0/s1. The molecular weight excluding hydrogens is 145 g/mol. The minimum Gasteiger partial charge on any atom is -0.480 e. The number of carboxylic acid groups (broad SMARTS) is 2. The lowest BCUT2D eigenvalue weighted by Gasteiger charge is -2.05. The van der Waals surface area contributed by atoms with Crippen LogP contribution >= 0.6 is 0 Å². The summed E-state index contributed by atoms with van der Waals surface area (Å²) in [5.74, 6) is -3.54. The average Bonchev–Trinajstić information content (AvgIpc) is 1.84. The Labute approximate surface area is 55.3 Å². The van der Waals surface area contributed by atoms with Gasteiger partial charge in [-0.2, -0.15) is 0 Å². The van der Waals surface area contributed by atoms with Crippen molar-refractivity contribution in [1.82, 2.24) is 0 Å². The molecule has 0 unspecified atom stereocenters. The molecule has 0 spiro atoms. The zero-order valence-electron chi connectivity index (χ0n) is 4.82. The Kier molecular flexibility index (Phi) is 2.75. The number of alkyl halides is 1. The molecule has 0 bridgehead atoms. The third kappa shape index (κ3) is 1.98. The maximum Gasteiger partial charge on any atom is 0.340 e. The van der Waals surface area contributed by atoms with Crippen molar-refractivity contribution in [2.24, 2.45) is 5.73 Å². The maximum absolute atomic E-state index is 12.1. The van der Waals surface area contributed by atoms with E-state index in [0.717, 1.165) is 0 Å². The predicted molar refractivity (Wildman–Crippen MR) is 28.1 cm³/mol. The highest BCUT2D eigenvalue weighted by molar-refractivity contribution is 5.83. The van der Waals surface area contributed by atoms with Gasteiger partial charge in [0.1, 0.15) is 6.04 Å². The van der Waals surface area contributed by atoms with E-state index in [-0.39, 0.29) is 0 Å². The fraction of sp³-hybridized carbons (Fsp3) is 0.500. The van der Waals surface area contributed by atoms with Gasteiger partial charge >= 0.3 is 11.9 Å². The summed E-state index contributed by atoms with van der Waals surface area (Å²) in [6.07, 6.45) is -2.54. The monoisotopic (exact) mass is 151 g/mol. The quantitative estimate of drug-likeness (QED) is 0.471. The van der Waals surface area contributed by atoms with Crippen molar-refractivity contribution in [3.05, 3.63) is 0 Å². The van der Waals surface area contributed by atoms with Crippen molar-refractivity contribution in [2.45, 2.75) is 12.2 Å². The summed E-state index contributed by atoms with van der Waals surface area (Å²) in [5.41, 5.74) is 4.61. The van der Waals surface area contributed by atoms with Crippen LogP contribution in [0, 0.1) is 0 Å². The molecule has 0 saturated carbocycles. The summed E-state index contributed by atoms with van der Waals surface area (Å²) in [6.45, 7) is 0. The molecule has 10 heavy (non-hydrogen) atoms. The molecule has 6 heteroatoms. The van der Waals surface area contributed by atoms with Crippen LogP contribution in [-0.4, -0.2) is 34.4 Å². The van der Waals surface area contributed by atoms with Gasteiger partial charge in [0.15, 0.2) is 0 Å². The second-order valence-corrected chi connectivity index (χ2v) is 1.60. The van der Waals surface area contributed by atoms with Gasteiger partial charge in [-0.25, -0.2) is 9.18 Å². The molecule has 0 aliphatic carbocycles. The Bertz CT molecular complexity index is 141. The highest BCUT2D eigenvalue weighted by atomic mass is 19.1. The summed E-state index contributed by atoms with van der Waals surface area (Å²) >= 11 is 0. The van der Waals surface area contributed by atoms with Crippen LogP contribution in [0.4, 0.5) is 4.39 Å². The minimum atomic E-state index is -2.54. The molecule has 0 fully saturated rings. The molecule has 4 N–H and O–H groups in total. The van der Waals surface area contributed by atoms with Gasteiger partial charge in [0.25, 0.3) is 0 Å². The molecule has 58 valence electrons. The van der Waals surface area contributed by atoms with Crippen molar-refractivity contribution < 1.29 is 24.2 Å². The normalized spacial score (nSPS) is 15.8. The number of halogens is 1. The molecule has 0 heterocycles. The SMILES string of the molecule is N[C@H](C(=O)O)[C@H](F)C(=O)O. The van der Waals surface area contributed by atoms with E-state index in [2.05, 4.69) is 5.73 Å². The lowest BCUT2D eigenvalue weighted by Crippen LogP contribution is -2.43. The van der Waals surface area contributed by atoms with Crippen molar-refractivity contribution >= 4 is 11.9 Å². The van der Waals surface area contributed by atoms with E-state index < -0.39 is 24.2 Å².